The predicted molar refractivity (Wildman–Crippen MR) is 203 cm³/mol. The number of imidazole rings is 1. The third kappa shape index (κ3) is 8.64. The fourth-order valence-electron chi connectivity index (χ4n) is 7.19. The lowest BCUT2D eigenvalue weighted by Crippen LogP contribution is -2.51. The average Bonchev–Trinajstić information content (AvgIpc) is 3.92. The van der Waals surface area contributed by atoms with Gasteiger partial charge in [-0.1, -0.05) is 50.2 Å². The van der Waals surface area contributed by atoms with E-state index in [2.05, 4.69) is 39.9 Å². The van der Waals surface area contributed by atoms with Crippen LogP contribution < -0.4 is 10.6 Å². The van der Waals surface area contributed by atoms with E-state index in [1.165, 1.54) is 7.11 Å². The fraction of sp³-hybridized carbons (Fsp3) is 0.439. The van der Waals surface area contributed by atoms with Gasteiger partial charge in [0.15, 0.2) is 0 Å². The molecule has 0 aliphatic carbocycles. The van der Waals surface area contributed by atoms with Crippen LogP contribution in [0.2, 0.25) is 0 Å². The first-order chi connectivity index (χ1) is 25.3. The quantitative estimate of drug-likeness (QED) is 0.168. The van der Waals surface area contributed by atoms with E-state index in [0.717, 1.165) is 64.7 Å². The standard InChI is InChI=1S/C41H50N6O6/c1-25(2)35(45-39(50)52-6)38(49)47-19-9-13-34(47)36-42-24-33(44-36)30-17-16-28-20-27(14-15-29(28)21-30)26-10-7-11-31(22-26)37(48)43-23-32-12-8-18-46(32)40(51)53-41(3,4)5/h7,10-11,14-17,20-22,24-25,32,34-35H,8-9,12-13,18-19,23H2,1-6H3,(H,42,44)(H,43,48)(H,45,50)/t32-,34-,35-/m0/s1. The highest BCUT2D eigenvalue weighted by atomic mass is 16.6. The number of methoxy groups -OCH3 is 1. The molecule has 2 aliphatic heterocycles. The third-order valence-electron chi connectivity index (χ3n) is 9.94. The Hall–Kier alpha value is -5.39. The van der Waals surface area contributed by atoms with E-state index in [4.69, 9.17) is 14.5 Å². The van der Waals surface area contributed by atoms with Crippen LogP contribution in [0.3, 0.4) is 0 Å². The molecule has 4 aromatic rings. The van der Waals surface area contributed by atoms with E-state index in [1.54, 1.807) is 15.9 Å². The molecule has 6 rings (SSSR count). The highest BCUT2D eigenvalue weighted by molar-refractivity contribution is 5.96. The van der Waals surface area contributed by atoms with Gasteiger partial charge in [-0.3, -0.25) is 9.59 Å². The normalized spacial score (nSPS) is 17.9. The van der Waals surface area contributed by atoms with Gasteiger partial charge >= 0.3 is 12.2 Å². The number of ether oxygens (including phenoxy) is 2. The molecular weight excluding hydrogens is 672 g/mol. The number of aromatic amines is 1. The number of hydrogen-bond donors (Lipinski definition) is 3. The Morgan fingerprint density at radius 1 is 0.906 bits per heavy atom. The van der Waals surface area contributed by atoms with Crippen molar-refractivity contribution in [2.24, 2.45) is 5.92 Å². The molecule has 280 valence electrons. The summed E-state index contributed by atoms with van der Waals surface area (Å²) in [7, 11) is 1.29. The summed E-state index contributed by atoms with van der Waals surface area (Å²) in [6.07, 6.45) is 4.21. The van der Waals surface area contributed by atoms with Gasteiger partial charge in [0.1, 0.15) is 17.5 Å². The van der Waals surface area contributed by atoms with Gasteiger partial charge in [0.25, 0.3) is 5.91 Å². The van der Waals surface area contributed by atoms with Crippen molar-refractivity contribution >= 4 is 34.8 Å². The summed E-state index contributed by atoms with van der Waals surface area (Å²) in [4.78, 5) is 63.2. The summed E-state index contributed by atoms with van der Waals surface area (Å²) >= 11 is 0. The van der Waals surface area contributed by atoms with Crippen molar-refractivity contribution in [1.29, 1.82) is 0 Å². The maximum absolute atomic E-state index is 13.6. The third-order valence-corrected chi connectivity index (χ3v) is 9.94. The summed E-state index contributed by atoms with van der Waals surface area (Å²) in [6.45, 7) is 10.9. The fourth-order valence-corrected chi connectivity index (χ4v) is 7.19. The molecule has 2 saturated heterocycles. The van der Waals surface area contributed by atoms with Crippen LogP contribution in [0.25, 0.3) is 33.2 Å². The Balaban J connectivity index is 1.12. The predicted octanol–water partition coefficient (Wildman–Crippen LogP) is 7.07. The highest BCUT2D eigenvalue weighted by Gasteiger charge is 2.37. The molecule has 3 N–H and O–H groups in total. The first-order valence-corrected chi connectivity index (χ1v) is 18.4. The largest absolute Gasteiger partial charge is 0.453 e. The van der Waals surface area contributed by atoms with Crippen molar-refractivity contribution in [3.05, 3.63) is 78.2 Å². The average molecular weight is 723 g/mol. The number of H-pyrrole nitrogens is 1. The molecular formula is C41H50N6O6. The number of alkyl carbamates (subject to hydrolysis) is 1. The van der Waals surface area contributed by atoms with Crippen LogP contribution in [-0.2, 0) is 14.3 Å². The Bertz CT molecular complexity index is 1980. The molecule has 4 amide bonds. The molecule has 0 unspecified atom stereocenters. The molecule has 1 aromatic heterocycles. The molecule has 0 radical (unpaired) electrons. The minimum absolute atomic E-state index is 0.101. The Kier molecular flexibility index (Phi) is 11.1. The van der Waals surface area contributed by atoms with Crippen LogP contribution >= 0.6 is 0 Å². The lowest BCUT2D eigenvalue weighted by Gasteiger charge is -2.29. The lowest BCUT2D eigenvalue weighted by molar-refractivity contribution is -0.135. The Morgan fingerprint density at radius 2 is 1.58 bits per heavy atom. The van der Waals surface area contributed by atoms with Gasteiger partial charge in [-0.25, -0.2) is 14.6 Å². The summed E-state index contributed by atoms with van der Waals surface area (Å²) in [5.74, 6) is 0.279. The van der Waals surface area contributed by atoms with Gasteiger partial charge in [-0.15, -0.1) is 0 Å². The Morgan fingerprint density at radius 3 is 2.30 bits per heavy atom. The number of carbonyl (C=O) groups excluding carboxylic acids is 4. The lowest BCUT2D eigenvalue weighted by atomic mass is 9.98. The minimum Gasteiger partial charge on any atom is -0.453 e. The smallest absolute Gasteiger partial charge is 0.410 e. The maximum Gasteiger partial charge on any atom is 0.410 e. The topological polar surface area (TPSA) is 146 Å². The molecule has 12 nitrogen and oxygen atoms in total. The number of fused-ring (bicyclic) bond motifs is 1. The molecule has 2 fully saturated rings. The molecule has 0 saturated carbocycles. The van der Waals surface area contributed by atoms with Crippen LogP contribution in [0.1, 0.15) is 82.5 Å². The number of amides is 4. The summed E-state index contributed by atoms with van der Waals surface area (Å²) in [5, 5.41) is 7.81. The van der Waals surface area contributed by atoms with Gasteiger partial charge in [0, 0.05) is 37.0 Å². The van der Waals surface area contributed by atoms with E-state index >= 15 is 0 Å². The zero-order valence-electron chi connectivity index (χ0n) is 31.4. The summed E-state index contributed by atoms with van der Waals surface area (Å²) < 4.78 is 10.3. The van der Waals surface area contributed by atoms with Crippen LogP contribution in [0, 0.1) is 5.92 Å². The number of nitrogens with zero attached hydrogens (tertiary/aromatic N) is 3. The van der Waals surface area contributed by atoms with E-state index < -0.39 is 17.7 Å². The van der Waals surface area contributed by atoms with Crippen LogP contribution in [-0.4, -0.2) is 88.2 Å². The number of likely N-dealkylation sites (tertiary alicyclic amines) is 2. The summed E-state index contributed by atoms with van der Waals surface area (Å²) in [6, 6.07) is 19.0. The number of benzene rings is 3. The van der Waals surface area contributed by atoms with Crippen molar-refractivity contribution in [3.63, 3.8) is 0 Å². The molecule has 0 bridgehead atoms. The van der Waals surface area contributed by atoms with Crippen LogP contribution in [0.4, 0.5) is 9.59 Å². The molecule has 3 atom stereocenters. The molecule has 12 heteroatoms. The van der Waals surface area contributed by atoms with Crippen LogP contribution in [0.5, 0.6) is 0 Å². The Labute approximate surface area is 310 Å². The van der Waals surface area contributed by atoms with E-state index in [-0.39, 0.29) is 35.9 Å². The first-order valence-electron chi connectivity index (χ1n) is 18.4. The highest BCUT2D eigenvalue weighted by Crippen LogP contribution is 2.34. The zero-order valence-corrected chi connectivity index (χ0v) is 31.4. The van der Waals surface area contributed by atoms with Crippen LogP contribution in [0.15, 0.2) is 66.9 Å². The second kappa shape index (κ2) is 15.7. The molecule has 3 heterocycles. The number of aromatic nitrogens is 2. The molecule has 2 aliphatic rings. The van der Waals surface area contributed by atoms with Gasteiger partial charge in [0.05, 0.1) is 24.9 Å². The van der Waals surface area contributed by atoms with Gasteiger partial charge in [0.2, 0.25) is 5.91 Å². The van der Waals surface area contributed by atoms with E-state index in [9.17, 15) is 19.2 Å². The SMILES string of the molecule is COC(=O)N[C@H](C(=O)N1CCC[C@H]1c1nc(-c2ccc3cc(-c4cccc(C(=O)NC[C@@H]5CCCN5C(=O)OC(C)(C)C)c4)ccc3c2)c[nH]1)C(C)C. The van der Waals surface area contributed by atoms with Gasteiger partial charge in [-0.2, -0.15) is 0 Å². The van der Waals surface area contributed by atoms with Gasteiger partial charge in [-0.05, 0) is 98.5 Å². The first kappa shape index (κ1) is 37.4. The number of carbonyl (C=O) groups is 4. The van der Waals surface area contributed by atoms with Gasteiger partial charge < -0.3 is 34.9 Å². The second-order valence-electron chi connectivity index (χ2n) is 15.3. The molecule has 53 heavy (non-hydrogen) atoms. The van der Waals surface area contributed by atoms with Crippen molar-refractivity contribution in [3.8, 4) is 22.4 Å². The summed E-state index contributed by atoms with van der Waals surface area (Å²) in [5.41, 5.74) is 3.62. The van der Waals surface area contributed by atoms with Crippen molar-refractivity contribution < 1.29 is 28.7 Å². The second-order valence-corrected chi connectivity index (χ2v) is 15.3. The number of rotatable bonds is 9. The maximum atomic E-state index is 13.6. The minimum atomic E-state index is -0.692. The van der Waals surface area contributed by atoms with E-state index in [1.807, 2.05) is 71.1 Å². The van der Waals surface area contributed by atoms with E-state index in [0.29, 0.717) is 25.2 Å². The van der Waals surface area contributed by atoms with Crippen molar-refractivity contribution in [2.75, 3.05) is 26.7 Å². The van der Waals surface area contributed by atoms with Crippen molar-refractivity contribution in [2.45, 2.75) is 84.0 Å². The number of nitrogens with one attached hydrogen (secondary N) is 3. The number of hydrogen-bond acceptors (Lipinski definition) is 7. The zero-order chi connectivity index (χ0) is 37.9. The monoisotopic (exact) mass is 722 g/mol. The molecule has 0 spiro atoms. The molecule has 3 aromatic carbocycles. The van der Waals surface area contributed by atoms with Crippen molar-refractivity contribution in [1.82, 2.24) is 30.4 Å².